The van der Waals surface area contributed by atoms with Crippen LogP contribution in [0.3, 0.4) is 0 Å². The van der Waals surface area contributed by atoms with E-state index >= 15 is 0 Å². The second kappa shape index (κ2) is 2.25. The highest BCUT2D eigenvalue weighted by molar-refractivity contribution is 5.98. The van der Waals surface area contributed by atoms with Crippen LogP contribution in [0.1, 0.15) is 0 Å². The molecule has 0 aromatic heterocycles. The van der Waals surface area contributed by atoms with Crippen LogP contribution in [-0.2, 0) is 0 Å². The maximum Gasteiger partial charge on any atom is 0.325 e. The second-order valence-corrected chi connectivity index (χ2v) is 3.28. The van der Waals surface area contributed by atoms with Crippen LogP contribution in [0.2, 0.25) is 0 Å². The minimum Gasteiger partial charge on any atom is -0.272 e. The second-order valence-electron chi connectivity index (χ2n) is 3.28. The molecule has 0 amide bonds. The summed E-state index contributed by atoms with van der Waals surface area (Å²) in [5.41, 5.74) is 0.331. The van der Waals surface area contributed by atoms with Crippen LogP contribution in [0.5, 0.6) is 0 Å². The molecule has 0 saturated carbocycles. The van der Waals surface area contributed by atoms with E-state index in [4.69, 9.17) is 0 Å². The lowest BCUT2D eigenvalue weighted by Crippen LogP contribution is -2.17. The van der Waals surface area contributed by atoms with Gasteiger partial charge in [-0.1, -0.05) is 6.07 Å². The van der Waals surface area contributed by atoms with Gasteiger partial charge in [0.05, 0.1) is 16.8 Å². The average molecular weight is 181 g/mol. The Morgan fingerprint density at radius 3 is 2.71 bits per heavy atom. The molecule has 0 radical (unpaired) electrons. The highest BCUT2D eigenvalue weighted by atomic mass is 16.2. The van der Waals surface area contributed by atoms with E-state index < -0.39 is 10.9 Å². The Kier molecular flexibility index (Phi) is 1.18. The minimum absolute atomic E-state index is 0.409. The lowest BCUT2D eigenvalue weighted by atomic mass is 10.0. The molecule has 2 aliphatic carbocycles. The summed E-state index contributed by atoms with van der Waals surface area (Å²) in [6, 6.07) is 11.7. The Morgan fingerprint density at radius 2 is 1.86 bits per heavy atom. The SMILES string of the molecule is O=c1c2[c+]ccc3cccc(c3-2)c1=O. The molecule has 0 atom stereocenters. The zero-order chi connectivity index (χ0) is 9.71. The van der Waals surface area contributed by atoms with Gasteiger partial charge >= 0.3 is 5.43 Å². The van der Waals surface area contributed by atoms with Gasteiger partial charge in [0.1, 0.15) is 5.56 Å². The Hall–Kier alpha value is -2.05. The molecule has 2 heteroatoms. The zero-order valence-electron chi connectivity index (χ0n) is 7.20. The third-order valence-corrected chi connectivity index (χ3v) is 2.52. The van der Waals surface area contributed by atoms with Gasteiger partial charge < -0.3 is 0 Å². The molecule has 14 heavy (non-hydrogen) atoms. The van der Waals surface area contributed by atoms with E-state index in [0.717, 1.165) is 10.9 Å². The molecule has 0 heterocycles. The predicted octanol–water partition coefficient (Wildman–Crippen LogP) is 1.34. The topological polar surface area (TPSA) is 34.1 Å². The largest absolute Gasteiger partial charge is 0.325 e. The lowest BCUT2D eigenvalue weighted by molar-refractivity contribution is 1.61. The maximum atomic E-state index is 11.5. The summed E-state index contributed by atoms with van der Waals surface area (Å²) in [6.07, 6.45) is 0. The van der Waals surface area contributed by atoms with Crippen LogP contribution in [0.4, 0.5) is 0 Å². The van der Waals surface area contributed by atoms with Crippen molar-refractivity contribution in [2.75, 3.05) is 0 Å². The third kappa shape index (κ3) is 0.691. The van der Waals surface area contributed by atoms with Crippen molar-refractivity contribution in [3.05, 3.63) is 56.8 Å². The van der Waals surface area contributed by atoms with E-state index in [1.54, 1.807) is 18.2 Å². The molecule has 3 rings (SSSR count). The monoisotopic (exact) mass is 181 g/mol. The van der Waals surface area contributed by atoms with Crippen molar-refractivity contribution in [3.8, 4) is 11.1 Å². The first-order valence-electron chi connectivity index (χ1n) is 4.31. The normalized spacial score (nSPS) is 11.1. The Balaban J connectivity index is 2.80. The van der Waals surface area contributed by atoms with Crippen LogP contribution in [0, 0.1) is 6.07 Å². The molecule has 0 saturated heterocycles. The summed E-state index contributed by atoms with van der Waals surface area (Å²) in [6.45, 7) is 0. The molecule has 2 nitrogen and oxygen atoms in total. The Labute approximate surface area is 79.5 Å². The number of benzene rings is 2. The van der Waals surface area contributed by atoms with Crippen molar-refractivity contribution in [3.63, 3.8) is 0 Å². The first kappa shape index (κ1) is 7.36. The highest BCUT2D eigenvalue weighted by Crippen LogP contribution is 2.27. The molecule has 64 valence electrons. The molecule has 0 spiro atoms. The summed E-state index contributed by atoms with van der Waals surface area (Å²) in [4.78, 5) is 23.0. The molecule has 1 aromatic rings. The van der Waals surface area contributed by atoms with Gasteiger partial charge in [-0.25, -0.2) is 4.79 Å². The molecule has 1 aromatic carbocycles. The van der Waals surface area contributed by atoms with Gasteiger partial charge in [0, 0.05) is 12.1 Å². The third-order valence-electron chi connectivity index (χ3n) is 2.52. The quantitative estimate of drug-likeness (QED) is 0.387. The van der Waals surface area contributed by atoms with E-state index in [9.17, 15) is 9.59 Å². The van der Waals surface area contributed by atoms with Gasteiger partial charge in [0.25, 0.3) is 5.43 Å². The number of hydrogen-bond acceptors (Lipinski definition) is 2. The fourth-order valence-electron chi connectivity index (χ4n) is 1.88. The van der Waals surface area contributed by atoms with Crippen LogP contribution in [-0.4, -0.2) is 0 Å². The molecule has 0 bridgehead atoms. The molecule has 2 aliphatic rings. The molecule has 0 aliphatic heterocycles. The van der Waals surface area contributed by atoms with Gasteiger partial charge in [0.2, 0.25) is 5.56 Å². The summed E-state index contributed by atoms with van der Waals surface area (Å²) in [7, 11) is 0. The van der Waals surface area contributed by atoms with Gasteiger partial charge in [0.15, 0.2) is 0 Å². The lowest BCUT2D eigenvalue weighted by Gasteiger charge is -1.92. The zero-order valence-corrected chi connectivity index (χ0v) is 7.20. The van der Waals surface area contributed by atoms with E-state index in [0.29, 0.717) is 10.9 Å². The summed E-state index contributed by atoms with van der Waals surface area (Å²) in [5.74, 6) is 0. The van der Waals surface area contributed by atoms with Crippen LogP contribution >= 0.6 is 0 Å². The maximum absolute atomic E-state index is 11.5. The van der Waals surface area contributed by atoms with Crippen LogP contribution < -0.4 is 10.9 Å². The van der Waals surface area contributed by atoms with Crippen molar-refractivity contribution in [1.29, 1.82) is 0 Å². The first-order chi connectivity index (χ1) is 6.79. The average Bonchev–Trinajstić information content (AvgIpc) is 2.47. The van der Waals surface area contributed by atoms with E-state index in [2.05, 4.69) is 6.07 Å². The molecule has 0 unspecified atom stereocenters. The predicted molar refractivity (Wildman–Crippen MR) is 54.3 cm³/mol. The standard InChI is InChI=1S/C12H5O2/c13-11-8-5-1-3-7-4-2-6-9(10(7)8)12(11)14/h1-5H/q+1. The molecular formula is C12H5O2+. The molecule has 0 fully saturated rings. The minimum atomic E-state index is -0.434. The fourth-order valence-corrected chi connectivity index (χ4v) is 1.88. The van der Waals surface area contributed by atoms with Crippen molar-refractivity contribution >= 4 is 10.8 Å². The van der Waals surface area contributed by atoms with Crippen LogP contribution in [0.15, 0.2) is 39.9 Å². The van der Waals surface area contributed by atoms with Gasteiger partial charge in [-0.15, -0.1) is 0 Å². The van der Waals surface area contributed by atoms with Gasteiger partial charge in [-0.2, -0.15) is 0 Å². The smallest absolute Gasteiger partial charge is 0.272 e. The Bertz CT molecular complexity index is 672. The van der Waals surface area contributed by atoms with Gasteiger partial charge in [-0.3, -0.25) is 4.79 Å². The first-order valence-corrected chi connectivity index (χ1v) is 4.31. The van der Waals surface area contributed by atoms with E-state index in [1.807, 2.05) is 12.1 Å². The summed E-state index contributed by atoms with van der Waals surface area (Å²) in [5, 5.41) is 1.44. The van der Waals surface area contributed by atoms with Crippen LogP contribution in [0.25, 0.3) is 21.9 Å². The van der Waals surface area contributed by atoms with Crippen molar-refractivity contribution < 1.29 is 0 Å². The van der Waals surface area contributed by atoms with Crippen molar-refractivity contribution in [2.24, 2.45) is 0 Å². The number of rotatable bonds is 0. The van der Waals surface area contributed by atoms with Crippen molar-refractivity contribution in [2.45, 2.75) is 0 Å². The molecule has 0 N–H and O–H groups in total. The highest BCUT2D eigenvalue weighted by Gasteiger charge is 2.27. The van der Waals surface area contributed by atoms with Gasteiger partial charge in [-0.05, 0) is 12.1 Å². The fraction of sp³-hybridized carbons (Fsp3) is 0. The van der Waals surface area contributed by atoms with E-state index in [-0.39, 0.29) is 0 Å². The number of hydrogen-bond donors (Lipinski definition) is 0. The molecular weight excluding hydrogens is 176 g/mol. The van der Waals surface area contributed by atoms with Crippen molar-refractivity contribution in [1.82, 2.24) is 0 Å². The Morgan fingerprint density at radius 1 is 1.00 bits per heavy atom. The van der Waals surface area contributed by atoms with E-state index in [1.165, 1.54) is 0 Å². The summed E-state index contributed by atoms with van der Waals surface area (Å²) >= 11 is 0. The summed E-state index contributed by atoms with van der Waals surface area (Å²) < 4.78 is 0.